The van der Waals surface area contributed by atoms with Gasteiger partial charge in [0.2, 0.25) is 0 Å². The molecule has 0 heterocycles. The van der Waals surface area contributed by atoms with Gasteiger partial charge in [-0.1, -0.05) is 32.1 Å². The van der Waals surface area contributed by atoms with Gasteiger partial charge < -0.3 is 0 Å². The second kappa shape index (κ2) is 6.95. The highest BCUT2D eigenvalue weighted by atomic mass is 19.4. The Morgan fingerprint density at radius 3 is 1.58 bits per heavy atom. The third-order valence-electron chi connectivity index (χ3n) is 0.985. The van der Waals surface area contributed by atoms with E-state index in [-0.39, 0.29) is 0 Å². The number of halogens is 3. The highest BCUT2D eigenvalue weighted by Crippen LogP contribution is 2.25. The van der Waals surface area contributed by atoms with Crippen molar-refractivity contribution >= 4 is 0 Å². The number of hydrogen-bond acceptors (Lipinski definition) is 0. The van der Waals surface area contributed by atoms with Crippen LogP contribution in [0.25, 0.3) is 0 Å². The zero-order chi connectivity index (χ0) is 10.2. The van der Waals surface area contributed by atoms with Gasteiger partial charge in [0.05, 0.1) is 5.57 Å². The van der Waals surface area contributed by atoms with Crippen LogP contribution < -0.4 is 0 Å². The van der Waals surface area contributed by atoms with Gasteiger partial charge in [0.15, 0.2) is 0 Å². The lowest BCUT2D eigenvalue weighted by molar-refractivity contribution is -0.0883. The van der Waals surface area contributed by atoms with Gasteiger partial charge in [-0.15, -0.1) is 0 Å². The van der Waals surface area contributed by atoms with Crippen molar-refractivity contribution in [3.05, 3.63) is 23.8 Å². The predicted molar refractivity (Wildman–Crippen MR) is 46.0 cm³/mol. The molecule has 0 aromatic heterocycles. The highest BCUT2D eigenvalue weighted by molar-refractivity contribution is 5.22. The standard InChI is InChI=1S/C7H9F3.C2H6/c1-3-5-6(4-2)7(8,9)10;1-2/h3-5H,1-2H3;1-2H3/b5-3-,6-4+;. The molecule has 0 amide bonds. The molecule has 0 atom stereocenters. The Morgan fingerprint density at radius 2 is 1.50 bits per heavy atom. The first-order valence-corrected chi connectivity index (χ1v) is 3.88. The van der Waals surface area contributed by atoms with E-state index in [4.69, 9.17) is 0 Å². The Kier molecular flexibility index (Phi) is 8.01. The Labute approximate surface area is 71.8 Å². The fourth-order valence-corrected chi connectivity index (χ4v) is 0.534. The van der Waals surface area contributed by atoms with Crippen LogP contribution in [-0.4, -0.2) is 6.18 Å². The minimum absolute atomic E-state index is 0.602. The fraction of sp³-hybridized carbons (Fsp3) is 0.556. The summed E-state index contributed by atoms with van der Waals surface area (Å²) in [5.41, 5.74) is -0.602. The van der Waals surface area contributed by atoms with Crippen LogP contribution in [0.4, 0.5) is 13.2 Å². The molecule has 0 saturated carbocycles. The van der Waals surface area contributed by atoms with Crippen molar-refractivity contribution in [1.29, 1.82) is 0 Å². The van der Waals surface area contributed by atoms with E-state index in [1.54, 1.807) is 6.92 Å². The number of hydrogen-bond donors (Lipinski definition) is 0. The van der Waals surface area contributed by atoms with Gasteiger partial charge in [-0.2, -0.15) is 13.2 Å². The van der Waals surface area contributed by atoms with Crippen molar-refractivity contribution in [3.63, 3.8) is 0 Å². The van der Waals surface area contributed by atoms with Crippen molar-refractivity contribution in [1.82, 2.24) is 0 Å². The molecule has 0 aliphatic rings. The molecule has 0 aliphatic carbocycles. The Bertz CT molecular complexity index is 152. The summed E-state index contributed by atoms with van der Waals surface area (Å²) < 4.78 is 35.4. The van der Waals surface area contributed by atoms with Crippen LogP contribution in [0.5, 0.6) is 0 Å². The lowest BCUT2D eigenvalue weighted by atomic mass is 10.2. The average molecular weight is 180 g/mol. The molecule has 0 fully saturated rings. The van der Waals surface area contributed by atoms with E-state index in [0.29, 0.717) is 0 Å². The van der Waals surface area contributed by atoms with Gasteiger partial charge in [0, 0.05) is 0 Å². The lowest BCUT2D eigenvalue weighted by Gasteiger charge is -2.05. The van der Waals surface area contributed by atoms with Crippen LogP contribution in [0.15, 0.2) is 23.8 Å². The molecule has 3 heteroatoms. The molecule has 0 aromatic carbocycles. The molecule has 0 unspecified atom stereocenters. The normalized spacial score (nSPS) is 12.8. The van der Waals surface area contributed by atoms with E-state index in [0.717, 1.165) is 12.2 Å². The quantitative estimate of drug-likeness (QED) is 0.533. The van der Waals surface area contributed by atoms with Crippen molar-refractivity contribution in [2.75, 3.05) is 0 Å². The lowest BCUT2D eigenvalue weighted by Crippen LogP contribution is -2.09. The molecule has 72 valence electrons. The maximum absolute atomic E-state index is 11.8. The predicted octanol–water partition coefficient (Wildman–Crippen LogP) is 4.10. The van der Waals surface area contributed by atoms with Crippen molar-refractivity contribution in [3.8, 4) is 0 Å². The summed E-state index contributed by atoms with van der Waals surface area (Å²) in [5, 5.41) is 0. The monoisotopic (exact) mass is 180 g/mol. The van der Waals surface area contributed by atoms with Gasteiger partial charge in [-0.05, 0) is 13.8 Å². The second-order valence-electron chi connectivity index (χ2n) is 1.74. The first-order chi connectivity index (χ1) is 5.52. The molecule has 0 aliphatic heterocycles. The summed E-state index contributed by atoms with van der Waals surface area (Å²) >= 11 is 0. The average Bonchev–Trinajstić information content (AvgIpc) is 2.02. The zero-order valence-corrected chi connectivity index (χ0v) is 7.87. The van der Waals surface area contributed by atoms with Crippen LogP contribution >= 0.6 is 0 Å². The first-order valence-electron chi connectivity index (χ1n) is 3.88. The maximum Gasteiger partial charge on any atom is 0.416 e. The molecule has 0 rings (SSSR count). The molecule has 12 heavy (non-hydrogen) atoms. The molecular formula is C9H15F3. The van der Waals surface area contributed by atoms with E-state index in [2.05, 4.69) is 0 Å². The van der Waals surface area contributed by atoms with Crippen LogP contribution in [-0.2, 0) is 0 Å². The number of alkyl halides is 3. The third kappa shape index (κ3) is 6.01. The molecule has 0 bridgehead atoms. The largest absolute Gasteiger partial charge is 0.416 e. The Balaban J connectivity index is 0. The molecular weight excluding hydrogens is 165 g/mol. The van der Waals surface area contributed by atoms with Gasteiger partial charge in [-0.3, -0.25) is 0 Å². The van der Waals surface area contributed by atoms with E-state index >= 15 is 0 Å². The summed E-state index contributed by atoms with van der Waals surface area (Å²) in [6.45, 7) is 6.91. The SMILES string of the molecule is C/C=C\C(=C/C)C(F)(F)F.CC. The van der Waals surface area contributed by atoms with Gasteiger partial charge in [0.25, 0.3) is 0 Å². The van der Waals surface area contributed by atoms with Crippen LogP contribution in [0.3, 0.4) is 0 Å². The van der Waals surface area contributed by atoms with E-state index < -0.39 is 11.7 Å². The zero-order valence-electron chi connectivity index (χ0n) is 7.87. The minimum Gasteiger partial charge on any atom is -0.166 e. The van der Waals surface area contributed by atoms with E-state index in [1.165, 1.54) is 13.0 Å². The van der Waals surface area contributed by atoms with E-state index in [9.17, 15) is 13.2 Å². The second-order valence-corrected chi connectivity index (χ2v) is 1.74. The molecule has 0 aromatic rings. The molecule has 0 radical (unpaired) electrons. The smallest absolute Gasteiger partial charge is 0.166 e. The summed E-state index contributed by atoms with van der Waals surface area (Å²) in [5.74, 6) is 0. The molecule has 0 saturated heterocycles. The van der Waals surface area contributed by atoms with Gasteiger partial charge in [-0.25, -0.2) is 0 Å². The first kappa shape index (κ1) is 13.8. The fourth-order valence-electron chi connectivity index (χ4n) is 0.534. The van der Waals surface area contributed by atoms with Gasteiger partial charge in [0.1, 0.15) is 0 Å². The molecule has 0 nitrogen and oxygen atoms in total. The van der Waals surface area contributed by atoms with Crippen molar-refractivity contribution in [2.45, 2.75) is 33.9 Å². The topological polar surface area (TPSA) is 0 Å². The summed E-state index contributed by atoms with van der Waals surface area (Å²) in [6, 6.07) is 0. The summed E-state index contributed by atoms with van der Waals surface area (Å²) in [6.07, 6.45) is -0.760. The maximum atomic E-state index is 11.8. The number of rotatable bonds is 1. The van der Waals surface area contributed by atoms with Crippen LogP contribution in [0.2, 0.25) is 0 Å². The van der Waals surface area contributed by atoms with Gasteiger partial charge >= 0.3 is 6.18 Å². The number of allylic oxidation sites excluding steroid dienone is 4. The van der Waals surface area contributed by atoms with Crippen molar-refractivity contribution in [2.24, 2.45) is 0 Å². The summed E-state index contributed by atoms with van der Waals surface area (Å²) in [7, 11) is 0. The molecule has 0 N–H and O–H groups in total. The Hall–Kier alpha value is -0.730. The molecule has 0 spiro atoms. The third-order valence-corrected chi connectivity index (χ3v) is 0.985. The minimum atomic E-state index is -4.21. The van der Waals surface area contributed by atoms with Crippen molar-refractivity contribution < 1.29 is 13.2 Å². The van der Waals surface area contributed by atoms with Crippen LogP contribution in [0.1, 0.15) is 27.7 Å². The summed E-state index contributed by atoms with van der Waals surface area (Å²) in [4.78, 5) is 0. The highest BCUT2D eigenvalue weighted by Gasteiger charge is 2.30. The Morgan fingerprint density at radius 1 is 1.08 bits per heavy atom. The van der Waals surface area contributed by atoms with E-state index in [1.807, 2.05) is 13.8 Å². The van der Waals surface area contributed by atoms with Crippen LogP contribution in [0, 0.1) is 0 Å².